The van der Waals surface area contributed by atoms with Gasteiger partial charge in [0.2, 0.25) is 5.91 Å². The number of fused-ring (bicyclic) bond motifs is 1. The van der Waals surface area contributed by atoms with Crippen molar-refractivity contribution in [3.8, 4) is 0 Å². The highest BCUT2D eigenvalue weighted by atomic mass is 79.9. The highest BCUT2D eigenvalue weighted by molar-refractivity contribution is 9.10. The van der Waals surface area contributed by atoms with E-state index in [0.717, 1.165) is 36.1 Å². The lowest BCUT2D eigenvalue weighted by atomic mass is 9.95. The van der Waals surface area contributed by atoms with Crippen LogP contribution in [-0.4, -0.2) is 50.7 Å². The van der Waals surface area contributed by atoms with E-state index in [0.29, 0.717) is 51.0 Å². The zero-order valence-corrected chi connectivity index (χ0v) is 19.1. The minimum atomic E-state index is -0.0726. The Labute approximate surface area is 189 Å². The van der Waals surface area contributed by atoms with Crippen LogP contribution in [0.15, 0.2) is 33.5 Å². The highest BCUT2D eigenvalue weighted by Gasteiger charge is 2.27. The fourth-order valence-corrected chi connectivity index (χ4v) is 4.56. The van der Waals surface area contributed by atoms with Gasteiger partial charge in [-0.3, -0.25) is 14.2 Å². The molecule has 4 rings (SSSR count). The van der Waals surface area contributed by atoms with Crippen LogP contribution in [0, 0.1) is 5.92 Å². The van der Waals surface area contributed by atoms with Crippen molar-refractivity contribution < 1.29 is 9.59 Å². The minimum Gasteiger partial charge on any atom is -0.356 e. The third-order valence-corrected chi connectivity index (χ3v) is 6.65. The number of nitrogens with one attached hydrogen (secondary N) is 1. The van der Waals surface area contributed by atoms with E-state index in [1.54, 1.807) is 4.57 Å². The molecule has 2 aliphatic heterocycles. The number of carbonyl (C=O) groups is 2. The summed E-state index contributed by atoms with van der Waals surface area (Å²) in [5.74, 6) is 0.855. The zero-order chi connectivity index (χ0) is 21.8. The van der Waals surface area contributed by atoms with Crippen LogP contribution in [0.1, 0.15) is 48.3 Å². The molecular weight excluding hydrogens is 462 g/mol. The first-order valence-electron chi connectivity index (χ1n) is 11.0. The third kappa shape index (κ3) is 5.08. The molecule has 2 amide bonds. The molecule has 0 saturated carbocycles. The Bertz CT molecular complexity index is 990. The maximum absolute atomic E-state index is 12.6. The lowest BCUT2D eigenvalue weighted by Crippen LogP contribution is -2.43. The number of piperidine rings is 1. The van der Waals surface area contributed by atoms with Crippen LogP contribution >= 0.6 is 15.9 Å². The van der Waals surface area contributed by atoms with Crippen molar-refractivity contribution in [1.29, 1.82) is 0 Å². The number of halogens is 1. The third-order valence-electron chi connectivity index (χ3n) is 6.12. The van der Waals surface area contributed by atoms with Gasteiger partial charge in [0.1, 0.15) is 5.82 Å². The van der Waals surface area contributed by atoms with Crippen molar-refractivity contribution in [2.24, 2.45) is 5.92 Å². The smallest absolute Gasteiger partial charge is 0.345 e. The van der Waals surface area contributed by atoms with E-state index >= 15 is 0 Å². The summed E-state index contributed by atoms with van der Waals surface area (Å²) in [6, 6.07) is 7.35. The van der Waals surface area contributed by atoms with Crippen molar-refractivity contribution in [1.82, 2.24) is 24.6 Å². The molecule has 1 N–H and O–H groups in total. The molecule has 8 nitrogen and oxygen atoms in total. The number of carbonyl (C=O) groups excluding carboxylic acids is 2. The van der Waals surface area contributed by atoms with E-state index < -0.39 is 0 Å². The number of hydrogen-bond donors (Lipinski definition) is 1. The first kappa shape index (κ1) is 21.8. The summed E-state index contributed by atoms with van der Waals surface area (Å²) in [6.07, 6.45) is 4.98. The van der Waals surface area contributed by atoms with Crippen LogP contribution < -0.4 is 11.0 Å². The van der Waals surface area contributed by atoms with Crippen molar-refractivity contribution >= 4 is 27.7 Å². The number of likely N-dealkylation sites (tertiary alicyclic amines) is 1. The topological polar surface area (TPSA) is 89.2 Å². The standard InChI is InChI=1S/C22H28BrN5O3/c23-18-7-5-17(6-8-18)21(30)26-14-9-16(10-15-26)20(29)24-11-3-13-28-22(31)27-12-2-1-4-19(27)25-28/h5-8,16H,1-4,9-15H2,(H,24,29). The summed E-state index contributed by atoms with van der Waals surface area (Å²) < 4.78 is 4.24. The number of rotatable bonds is 6. The van der Waals surface area contributed by atoms with Crippen LogP contribution in [0.25, 0.3) is 0 Å². The van der Waals surface area contributed by atoms with Gasteiger partial charge in [-0.1, -0.05) is 15.9 Å². The Hall–Kier alpha value is -2.42. The monoisotopic (exact) mass is 489 g/mol. The number of benzene rings is 1. The molecule has 0 atom stereocenters. The largest absolute Gasteiger partial charge is 0.356 e. The van der Waals surface area contributed by atoms with Gasteiger partial charge in [0, 0.05) is 55.1 Å². The van der Waals surface area contributed by atoms with Gasteiger partial charge in [0.25, 0.3) is 5.91 Å². The van der Waals surface area contributed by atoms with Gasteiger partial charge in [-0.25, -0.2) is 9.48 Å². The summed E-state index contributed by atoms with van der Waals surface area (Å²) in [7, 11) is 0. The SMILES string of the molecule is O=C(NCCCn1nc2n(c1=O)CCCC2)C1CCN(C(=O)c2ccc(Br)cc2)CC1. The van der Waals surface area contributed by atoms with Crippen molar-refractivity contribution in [3.05, 3.63) is 50.6 Å². The lowest BCUT2D eigenvalue weighted by Gasteiger charge is -2.31. The number of aromatic nitrogens is 3. The number of aryl methyl sites for hydroxylation is 2. The summed E-state index contributed by atoms with van der Waals surface area (Å²) >= 11 is 3.38. The van der Waals surface area contributed by atoms with Gasteiger partial charge in [-0.15, -0.1) is 0 Å². The summed E-state index contributed by atoms with van der Waals surface area (Å²) in [4.78, 5) is 39.3. The van der Waals surface area contributed by atoms with Gasteiger partial charge >= 0.3 is 5.69 Å². The normalized spacial score (nSPS) is 16.7. The maximum Gasteiger partial charge on any atom is 0.345 e. The molecule has 9 heteroatoms. The average Bonchev–Trinajstić information content (AvgIpc) is 3.12. The lowest BCUT2D eigenvalue weighted by molar-refractivity contribution is -0.126. The Balaban J connectivity index is 1.19. The van der Waals surface area contributed by atoms with E-state index in [1.165, 1.54) is 4.68 Å². The van der Waals surface area contributed by atoms with E-state index in [2.05, 4.69) is 26.3 Å². The molecule has 2 aliphatic rings. The summed E-state index contributed by atoms with van der Waals surface area (Å²) in [5.41, 5.74) is 0.631. The molecule has 2 aromatic rings. The Kier molecular flexibility index (Phi) is 6.89. The molecule has 1 fully saturated rings. The average molecular weight is 490 g/mol. The van der Waals surface area contributed by atoms with Crippen LogP contribution in [0.4, 0.5) is 0 Å². The zero-order valence-electron chi connectivity index (χ0n) is 17.6. The van der Waals surface area contributed by atoms with Crippen LogP contribution in [0.2, 0.25) is 0 Å². The molecule has 1 aromatic heterocycles. The second kappa shape index (κ2) is 9.80. The fraction of sp³-hybridized carbons (Fsp3) is 0.545. The molecule has 0 radical (unpaired) electrons. The van der Waals surface area contributed by atoms with Gasteiger partial charge in [0.05, 0.1) is 0 Å². The molecular formula is C22H28BrN5O3. The molecule has 3 heterocycles. The second-order valence-corrected chi connectivity index (χ2v) is 9.16. The predicted molar refractivity (Wildman–Crippen MR) is 120 cm³/mol. The second-order valence-electron chi connectivity index (χ2n) is 8.25. The molecule has 166 valence electrons. The molecule has 0 aliphatic carbocycles. The predicted octanol–water partition coefficient (Wildman–Crippen LogP) is 2.20. The van der Waals surface area contributed by atoms with Gasteiger partial charge in [0.15, 0.2) is 0 Å². The summed E-state index contributed by atoms with van der Waals surface area (Å²) in [5, 5.41) is 7.41. The van der Waals surface area contributed by atoms with Crippen molar-refractivity contribution in [2.45, 2.75) is 51.6 Å². The Morgan fingerprint density at radius 1 is 1.10 bits per heavy atom. The Morgan fingerprint density at radius 3 is 2.55 bits per heavy atom. The molecule has 31 heavy (non-hydrogen) atoms. The van der Waals surface area contributed by atoms with Crippen LogP contribution in [-0.2, 0) is 24.3 Å². The van der Waals surface area contributed by atoms with E-state index in [-0.39, 0.29) is 23.4 Å². The maximum atomic E-state index is 12.6. The van der Waals surface area contributed by atoms with Crippen molar-refractivity contribution in [2.75, 3.05) is 19.6 Å². The van der Waals surface area contributed by atoms with Crippen molar-refractivity contribution in [3.63, 3.8) is 0 Å². The minimum absolute atomic E-state index is 0.0135. The molecule has 1 saturated heterocycles. The number of hydrogen-bond acceptors (Lipinski definition) is 4. The summed E-state index contributed by atoms with van der Waals surface area (Å²) in [6.45, 7) is 2.96. The Morgan fingerprint density at radius 2 is 1.84 bits per heavy atom. The first-order valence-corrected chi connectivity index (χ1v) is 11.8. The van der Waals surface area contributed by atoms with Gasteiger partial charge < -0.3 is 10.2 Å². The molecule has 0 bridgehead atoms. The quantitative estimate of drug-likeness (QED) is 0.629. The van der Waals surface area contributed by atoms with Crippen LogP contribution in [0.5, 0.6) is 0 Å². The van der Waals surface area contributed by atoms with E-state index in [9.17, 15) is 14.4 Å². The van der Waals surface area contributed by atoms with Gasteiger partial charge in [-0.05, 0) is 56.4 Å². The fourth-order valence-electron chi connectivity index (χ4n) is 4.30. The molecule has 1 aromatic carbocycles. The van der Waals surface area contributed by atoms with Gasteiger partial charge in [-0.2, -0.15) is 5.10 Å². The molecule has 0 spiro atoms. The number of amides is 2. The number of nitrogens with zero attached hydrogens (tertiary/aromatic N) is 4. The first-order chi connectivity index (χ1) is 15.0. The van der Waals surface area contributed by atoms with E-state index in [4.69, 9.17) is 0 Å². The highest BCUT2D eigenvalue weighted by Crippen LogP contribution is 2.20. The van der Waals surface area contributed by atoms with Crippen LogP contribution in [0.3, 0.4) is 0 Å². The van der Waals surface area contributed by atoms with E-state index in [1.807, 2.05) is 29.2 Å². The molecule has 0 unspecified atom stereocenters.